The zero-order valence-electron chi connectivity index (χ0n) is 5.32. The van der Waals surface area contributed by atoms with Gasteiger partial charge in [-0.3, -0.25) is 15.3 Å². The van der Waals surface area contributed by atoms with Crippen LogP contribution in [0.5, 0.6) is 0 Å². The van der Waals surface area contributed by atoms with Crippen LogP contribution >= 0.6 is 12.4 Å². The van der Waals surface area contributed by atoms with Crippen molar-refractivity contribution in [2.45, 2.75) is 0 Å². The Morgan fingerprint density at radius 1 is 1.70 bits per heavy atom. The predicted molar refractivity (Wildman–Crippen MR) is 43.5 cm³/mol. The van der Waals surface area contributed by atoms with Gasteiger partial charge < -0.3 is 5.73 Å². The summed E-state index contributed by atoms with van der Waals surface area (Å²) in [5, 5.41) is 6.97. The highest BCUT2D eigenvalue weighted by Gasteiger charge is 2.00. The number of aliphatic imine (C=N–C) groups is 1. The van der Waals surface area contributed by atoms with E-state index in [1.807, 2.05) is 0 Å². The first-order valence-electron chi connectivity index (χ1n) is 2.58. The first-order valence-corrected chi connectivity index (χ1v) is 2.58. The van der Waals surface area contributed by atoms with Crippen molar-refractivity contribution in [3.8, 4) is 0 Å². The minimum Gasteiger partial charge on any atom is -0.370 e. The lowest BCUT2D eigenvalue weighted by Crippen LogP contribution is -2.33. The largest absolute Gasteiger partial charge is 0.370 e. The normalized spacial score (nSPS) is 14.6. The van der Waals surface area contributed by atoms with Crippen LogP contribution in [0.4, 0.5) is 0 Å². The van der Waals surface area contributed by atoms with Crippen LogP contribution in [0.3, 0.4) is 0 Å². The Morgan fingerprint density at radius 3 is 2.70 bits per heavy atom. The number of guanidine groups is 1. The molecular formula is C5H9ClN4. The molecule has 56 valence electrons. The average Bonchev–Trinajstić information content (AvgIpc) is 1.90. The maximum absolute atomic E-state index is 6.97. The fourth-order valence-electron chi connectivity index (χ4n) is 0.542. The van der Waals surface area contributed by atoms with Gasteiger partial charge in [-0.1, -0.05) is 0 Å². The zero-order valence-corrected chi connectivity index (χ0v) is 6.14. The number of nitrogens with one attached hydrogen (secondary N) is 1. The summed E-state index contributed by atoms with van der Waals surface area (Å²) in [4.78, 5) is 5.41. The molecule has 0 amide bonds. The van der Waals surface area contributed by atoms with Gasteiger partial charge in [-0.2, -0.15) is 0 Å². The van der Waals surface area contributed by atoms with Crippen LogP contribution in [-0.4, -0.2) is 23.7 Å². The molecule has 10 heavy (non-hydrogen) atoms. The van der Waals surface area contributed by atoms with Gasteiger partial charge in [0.15, 0.2) is 5.96 Å². The number of hydrogen-bond donors (Lipinski definition) is 2. The Kier molecular flexibility index (Phi) is 3.49. The van der Waals surface area contributed by atoms with Crippen molar-refractivity contribution in [2.75, 3.05) is 6.67 Å². The molecule has 1 aliphatic heterocycles. The average molecular weight is 161 g/mol. The Bertz CT molecular complexity index is 174. The number of nitrogens with zero attached hydrogens (tertiary/aromatic N) is 2. The minimum absolute atomic E-state index is 0. The van der Waals surface area contributed by atoms with Crippen LogP contribution in [0, 0.1) is 5.41 Å². The van der Waals surface area contributed by atoms with Gasteiger partial charge in [0.05, 0.1) is 0 Å². The van der Waals surface area contributed by atoms with Gasteiger partial charge in [-0.15, -0.1) is 12.4 Å². The third-order valence-corrected chi connectivity index (χ3v) is 1.00. The lowest BCUT2D eigenvalue weighted by molar-refractivity contribution is 0.561. The fourth-order valence-corrected chi connectivity index (χ4v) is 0.542. The van der Waals surface area contributed by atoms with Crippen LogP contribution in [-0.2, 0) is 0 Å². The smallest absolute Gasteiger partial charge is 0.194 e. The van der Waals surface area contributed by atoms with Crippen LogP contribution < -0.4 is 5.73 Å². The van der Waals surface area contributed by atoms with Gasteiger partial charge in [-0.25, -0.2) is 0 Å². The van der Waals surface area contributed by atoms with Crippen LogP contribution in [0.25, 0.3) is 0 Å². The van der Waals surface area contributed by atoms with Crippen molar-refractivity contribution in [1.82, 2.24) is 4.90 Å². The summed E-state index contributed by atoms with van der Waals surface area (Å²) in [7, 11) is 0. The summed E-state index contributed by atoms with van der Waals surface area (Å²) >= 11 is 0. The topological polar surface area (TPSA) is 65.5 Å². The molecule has 0 aliphatic carbocycles. The van der Waals surface area contributed by atoms with Gasteiger partial charge in [0, 0.05) is 12.4 Å². The highest BCUT2D eigenvalue weighted by molar-refractivity contribution is 5.85. The Hall–Kier alpha value is -1.03. The molecule has 1 heterocycles. The second-order valence-electron chi connectivity index (χ2n) is 1.67. The van der Waals surface area contributed by atoms with Gasteiger partial charge in [0.2, 0.25) is 0 Å². The summed E-state index contributed by atoms with van der Waals surface area (Å²) in [6.07, 6.45) is 5.14. The molecular weight excluding hydrogens is 152 g/mol. The van der Waals surface area contributed by atoms with Crippen LogP contribution in [0.15, 0.2) is 17.3 Å². The lowest BCUT2D eigenvalue weighted by Gasteiger charge is -2.16. The van der Waals surface area contributed by atoms with Crippen LogP contribution in [0.1, 0.15) is 0 Å². The fraction of sp³-hybridized carbons (Fsp3) is 0.200. The number of allylic oxidation sites excluding steroid dienone is 1. The molecule has 0 bridgehead atoms. The highest BCUT2D eigenvalue weighted by Crippen LogP contribution is 1.92. The monoisotopic (exact) mass is 160 g/mol. The molecule has 0 spiro atoms. The maximum atomic E-state index is 6.97. The first-order chi connectivity index (χ1) is 4.30. The van der Waals surface area contributed by atoms with E-state index >= 15 is 0 Å². The quantitative estimate of drug-likeness (QED) is 0.392. The van der Waals surface area contributed by atoms with E-state index in [0.29, 0.717) is 6.67 Å². The molecule has 0 fully saturated rings. The molecule has 0 saturated carbocycles. The minimum atomic E-state index is 0. The molecule has 4 nitrogen and oxygen atoms in total. The van der Waals surface area contributed by atoms with Crippen molar-refractivity contribution >= 4 is 24.6 Å². The first kappa shape index (κ1) is 8.97. The van der Waals surface area contributed by atoms with E-state index in [-0.39, 0.29) is 18.4 Å². The second kappa shape index (κ2) is 3.90. The molecule has 0 aromatic carbocycles. The Morgan fingerprint density at radius 2 is 2.40 bits per heavy atom. The summed E-state index contributed by atoms with van der Waals surface area (Å²) in [6.45, 7) is 0.464. The number of nitrogens with two attached hydrogens (primary N) is 1. The van der Waals surface area contributed by atoms with Crippen molar-refractivity contribution in [3.05, 3.63) is 12.3 Å². The van der Waals surface area contributed by atoms with E-state index in [0.717, 1.165) is 0 Å². The summed E-state index contributed by atoms with van der Waals surface area (Å²) in [6, 6.07) is 0. The summed E-state index contributed by atoms with van der Waals surface area (Å²) in [5.41, 5.74) is 5.15. The Balaban J connectivity index is 0.000000810. The van der Waals surface area contributed by atoms with Crippen molar-refractivity contribution in [3.63, 3.8) is 0 Å². The van der Waals surface area contributed by atoms with Gasteiger partial charge in [0.25, 0.3) is 0 Å². The molecule has 5 heteroatoms. The van der Waals surface area contributed by atoms with E-state index in [4.69, 9.17) is 11.1 Å². The molecule has 0 atom stereocenters. The van der Waals surface area contributed by atoms with E-state index in [2.05, 4.69) is 4.99 Å². The SMILES string of the molecule is Cl.N=C(N)N1C=CC=NC1. The second-order valence-corrected chi connectivity index (χ2v) is 1.67. The molecule has 0 unspecified atom stereocenters. The van der Waals surface area contributed by atoms with E-state index < -0.39 is 0 Å². The number of rotatable bonds is 0. The van der Waals surface area contributed by atoms with Crippen molar-refractivity contribution in [1.29, 1.82) is 5.41 Å². The molecule has 1 rings (SSSR count). The predicted octanol–water partition coefficient (Wildman–Crippen LogP) is 0.159. The zero-order chi connectivity index (χ0) is 6.69. The van der Waals surface area contributed by atoms with Crippen molar-refractivity contribution < 1.29 is 0 Å². The van der Waals surface area contributed by atoms with Gasteiger partial charge >= 0.3 is 0 Å². The third kappa shape index (κ3) is 2.06. The molecule has 0 saturated heterocycles. The Labute approximate surface area is 65.3 Å². The van der Waals surface area contributed by atoms with Gasteiger partial charge in [0.1, 0.15) is 6.67 Å². The van der Waals surface area contributed by atoms with Gasteiger partial charge in [-0.05, 0) is 6.08 Å². The third-order valence-electron chi connectivity index (χ3n) is 1.00. The van der Waals surface area contributed by atoms with E-state index in [1.165, 1.54) is 0 Å². The van der Waals surface area contributed by atoms with E-state index in [9.17, 15) is 0 Å². The maximum Gasteiger partial charge on any atom is 0.194 e. The lowest BCUT2D eigenvalue weighted by atomic mass is 10.5. The summed E-state index contributed by atoms with van der Waals surface area (Å²) in [5.74, 6) is 0.0306. The molecule has 0 aromatic heterocycles. The summed E-state index contributed by atoms with van der Waals surface area (Å²) < 4.78 is 0. The molecule has 1 aliphatic rings. The molecule has 0 aromatic rings. The van der Waals surface area contributed by atoms with Crippen LogP contribution in [0.2, 0.25) is 0 Å². The standard InChI is InChI=1S/C5H8N4.ClH/c6-5(7)9-3-1-2-8-4-9;/h1-3H,4H2,(H3,6,7);1H. The molecule has 3 N–H and O–H groups in total. The number of halogens is 1. The molecule has 0 radical (unpaired) electrons. The van der Waals surface area contributed by atoms with E-state index in [1.54, 1.807) is 23.4 Å². The highest BCUT2D eigenvalue weighted by atomic mass is 35.5. The number of hydrogen-bond acceptors (Lipinski definition) is 2. The van der Waals surface area contributed by atoms with Crippen molar-refractivity contribution in [2.24, 2.45) is 10.7 Å².